The standard InChI is InChI=1S/C12H20N4/c1-12(11-14)16-9-7-15(8-10-16)6-4-2-3-5-13/h12H,2-4,6-10H2,1H3. The van der Waals surface area contributed by atoms with Crippen molar-refractivity contribution in [2.75, 3.05) is 32.7 Å². The van der Waals surface area contributed by atoms with Crippen LogP contribution in [-0.2, 0) is 0 Å². The lowest BCUT2D eigenvalue weighted by atomic mass is 10.2. The lowest BCUT2D eigenvalue weighted by Gasteiger charge is -2.35. The number of hydrogen-bond acceptors (Lipinski definition) is 4. The van der Waals surface area contributed by atoms with Crippen LogP contribution in [0.5, 0.6) is 0 Å². The molecule has 4 heteroatoms. The summed E-state index contributed by atoms with van der Waals surface area (Å²) in [5, 5.41) is 17.2. The highest BCUT2D eigenvalue weighted by molar-refractivity contribution is 4.90. The molecule has 0 aromatic rings. The fourth-order valence-corrected chi connectivity index (χ4v) is 2.00. The molecule has 0 aliphatic carbocycles. The fourth-order valence-electron chi connectivity index (χ4n) is 2.00. The lowest BCUT2D eigenvalue weighted by Crippen LogP contribution is -2.49. The predicted octanol–water partition coefficient (Wildman–Crippen LogP) is 1.21. The van der Waals surface area contributed by atoms with E-state index in [-0.39, 0.29) is 6.04 Å². The summed E-state index contributed by atoms with van der Waals surface area (Å²) in [6, 6.07) is 4.50. The van der Waals surface area contributed by atoms with Gasteiger partial charge in [0.25, 0.3) is 0 Å². The van der Waals surface area contributed by atoms with Crippen molar-refractivity contribution in [1.29, 1.82) is 10.5 Å². The van der Waals surface area contributed by atoms with Gasteiger partial charge >= 0.3 is 0 Å². The lowest BCUT2D eigenvalue weighted by molar-refractivity contribution is 0.118. The molecule has 0 N–H and O–H groups in total. The van der Waals surface area contributed by atoms with Gasteiger partial charge in [0.05, 0.1) is 18.2 Å². The summed E-state index contributed by atoms with van der Waals surface area (Å²) >= 11 is 0. The molecule has 16 heavy (non-hydrogen) atoms. The van der Waals surface area contributed by atoms with E-state index < -0.39 is 0 Å². The molecule has 1 aliphatic heterocycles. The Morgan fingerprint density at radius 1 is 1.12 bits per heavy atom. The average Bonchev–Trinajstić information content (AvgIpc) is 2.34. The summed E-state index contributed by atoms with van der Waals surface area (Å²) in [6.07, 6.45) is 2.79. The van der Waals surface area contributed by atoms with E-state index in [1.54, 1.807) is 0 Å². The fraction of sp³-hybridized carbons (Fsp3) is 0.833. The van der Waals surface area contributed by atoms with Gasteiger partial charge in [-0.25, -0.2) is 0 Å². The van der Waals surface area contributed by atoms with Crippen molar-refractivity contribution in [2.45, 2.75) is 32.2 Å². The van der Waals surface area contributed by atoms with Crippen LogP contribution in [-0.4, -0.2) is 48.6 Å². The molecule has 0 saturated carbocycles. The Kier molecular flexibility index (Phi) is 5.85. The SMILES string of the molecule is CC(C#N)N1CCN(CCCCC#N)CC1. The molecule has 88 valence electrons. The van der Waals surface area contributed by atoms with Crippen molar-refractivity contribution in [3.8, 4) is 12.1 Å². The first-order valence-electron chi connectivity index (χ1n) is 6.01. The Balaban J connectivity index is 2.13. The van der Waals surface area contributed by atoms with Gasteiger partial charge in [-0.05, 0) is 26.3 Å². The maximum absolute atomic E-state index is 8.82. The van der Waals surface area contributed by atoms with Crippen LogP contribution in [0, 0.1) is 22.7 Å². The topological polar surface area (TPSA) is 54.1 Å². The second-order valence-corrected chi connectivity index (χ2v) is 4.30. The number of nitrogens with zero attached hydrogens (tertiary/aromatic N) is 4. The molecular weight excluding hydrogens is 200 g/mol. The minimum Gasteiger partial charge on any atom is -0.301 e. The number of hydrogen-bond donors (Lipinski definition) is 0. The summed E-state index contributed by atoms with van der Waals surface area (Å²) in [5.41, 5.74) is 0. The number of piperazine rings is 1. The van der Waals surface area contributed by atoms with Gasteiger partial charge < -0.3 is 4.90 Å². The molecule has 0 amide bonds. The normalized spacial score (nSPS) is 19.9. The molecule has 0 spiro atoms. The smallest absolute Gasteiger partial charge is 0.0950 e. The van der Waals surface area contributed by atoms with Crippen LogP contribution in [0.3, 0.4) is 0 Å². The molecule has 1 aliphatic rings. The van der Waals surface area contributed by atoms with Crippen LogP contribution in [0.1, 0.15) is 26.2 Å². The summed E-state index contributed by atoms with van der Waals surface area (Å²) in [7, 11) is 0. The zero-order valence-electron chi connectivity index (χ0n) is 10.0. The molecule has 1 heterocycles. The number of nitriles is 2. The minimum absolute atomic E-state index is 0.0424. The first-order valence-corrected chi connectivity index (χ1v) is 6.01. The van der Waals surface area contributed by atoms with Crippen molar-refractivity contribution in [3.05, 3.63) is 0 Å². The molecule has 1 saturated heterocycles. The highest BCUT2D eigenvalue weighted by Crippen LogP contribution is 2.07. The Bertz CT molecular complexity index is 268. The van der Waals surface area contributed by atoms with E-state index in [4.69, 9.17) is 10.5 Å². The van der Waals surface area contributed by atoms with E-state index in [1.807, 2.05) is 6.92 Å². The number of unbranched alkanes of at least 4 members (excludes halogenated alkanes) is 2. The first kappa shape index (κ1) is 13.0. The summed E-state index contributed by atoms with van der Waals surface area (Å²) in [6.45, 7) is 7.15. The molecule has 0 aromatic carbocycles. The molecule has 1 rings (SSSR count). The Morgan fingerprint density at radius 2 is 1.81 bits per heavy atom. The summed E-state index contributed by atoms with van der Waals surface area (Å²) in [5.74, 6) is 0. The van der Waals surface area contributed by atoms with Crippen LogP contribution < -0.4 is 0 Å². The molecule has 1 atom stereocenters. The van der Waals surface area contributed by atoms with Gasteiger partial charge in [0, 0.05) is 32.6 Å². The van der Waals surface area contributed by atoms with Crippen molar-refractivity contribution >= 4 is 0 Å². The molecular formula is C12H20N4. The van der Waals surface area contributed by atoms with Crippen molar-refractivity contribution in [3.63, 3.8) is 0 Å². The van der Waals surface area contributed by atoms with Crippen LogP contribution in [0.15, 0.2) is 0 Å². The third-order valence-corrected chi connectivity index (χ3v) is 3.15. The van der Waals surface area contributed by atoms with Crippen LogP contribution >= 0.6 is 0 Å². The van der Waals surface area contributed by atoms with Crippen molar-refractivity contribution in [2.24, 2.45) is 0 Å². The van der Waals surface area contributed by atoms with E-state index in [0.717, 1.165) is 45.6 Å². The Hall–Kier alpha value is -1.10. The van der Waals surface area contributed by atoms with Crippen LogP contribution in [0.25, 0.3) is 0 Å². The molecule has 0 radical (unpaired) electrons. The van der Waals surface area contributed by atoms with E-state index in [1.165, 1.54) is 0 Å². The van der Waals surface area contributed by atoms with Crippen molar-refractivity contribution < 1.29 is 0 Å². The molecule has 0 aromatic heterocycles. The van der Waals surface area contributed by atoms with Crippen molar-refractivity contribution in [1.82, 2.24) is 9.80 Å². The third kappa shape index (κ3) is 4.18. The number of rotatable bonds is 5. The third-order valence-electron chi connectivity index (χ3n) is 3.15. The quantitative estimate of drug-likeness (QED) is 0.653. The van der Waals surface area contributed by atoms with E-state index in [0.29, 0.717) is 6.42 Å². The Labute approximate surface area is 98.1 Å². The second-order valence-electron chi connectivity index (χ2n) is 4.30. The van der Waals surface area contributed by atoms with Crippen LogP contribution in [0.4, 0.5) is 0 Å². The average molecular weight is 220 g/mol. The van der Waals surface area contributed by atoms with E-state index in [2.05, 4.69) is 21.9 Å². The van der Waals surface area contributed by atoms with Gasteiger partial charge in [0.15, 0.2) is 0 Å². The molecule has 1 fully saturated rings. The summed E-state index contributed by atoms with van der Waals surface area (Å²) in [4.78, 5) is 4.66. The second kappa shape index (κ2) is 7.22. The molecule has 0 bridgehead atoms. The largest absolute Gasteiger partial charge is 0.301 e. The van der Waals surface area contributed by atoms with Gasteiger partial charge in [-0.1, -0.05) is 0 Å². The van der Waals surface area contributed by atoms with E-state index >= 15 is 0 Å². The van der Waals surface area contributed by atoms with Gasteiger partial charge in [0.2, 0.25) is 0 Å². The maximum Gasteiger partial charge on any atom is 0.0950 e. The van der Waals surface area contributed by atoms with Gasteiger partial charge in [-0.3, -0.25) is 4.90 Å². The highest BCUT2D eigenvalue weighted by atomic mass is 15.3. The minimum atomic E-state index is 0.0424. The molecule has 1 unspecified atom stereocenters. The monoisotopic (exact) mass is 220 g/mol. The van der Waals surface area contributed by atoms with Gasteiger partial charge in [-0.2, -0.15) is 10.5 Å². The maximum atomic E-state index is 8.82. The molecule has 4 nitrogen and oxygen atoms in total. The zero-order valence-corrected chi connectivity index (χ0v) is 10.0. The predicted molar refractivity (Wildman–Crippen MR) is 62.6 cm³/mol. The van der Waals surface area contributed by atoms with Crippen LogP contribution in [0.2, 0.25) is 0 Å². The highest BCUT2D eigenvalue weighted by Gasteiger charge is 2.19. The van der Waals surface area contributed by atoms with Gasteiger partial charge in [0.1, 0.15) is 0 Å². The zero-order chi connectivity index (χ0) is 11.8. The summed E-state index contributed by atoms with van der Waals surface area (Å²) < 4.78 is 0. The Morgan fingerprint density at radius 3 is 2.38 bits per heavy atom. The van der Waals surface area contributed by atoms with E-state index in [9.17, 15) is 0 Å². The van der Waals surface area contributed by atoms with Gasteiger partial charge in [-0.15, -0.1) is 0 Å². The first-order chi connectivity index (χ1) is 7.77.